The quantitative estimate of drug-likeness (QED) is 0.671. The molecular formula is C22H31N3O. The van der Waals surface area contributed by atoms with Crippen LogP contribution in [0.2, 0.25) is 0 Å². The maximum absolute atomic E-state index is 5.99. The lowest BCUT2D eigenvalue weighted by atomic mass is 10.0. The highest BCUT2D eigenvalue weighted by Gasteiger charge is 2.28. The van der Waals surface area contributed by atoms with Gasteiger partial charge in [0.15, 0.2) is 0 Å². The minimum absolute atomic E-state index is 0.0620. The van der Waals surface area contributed by atoms with E-state index in [0.29, 0.717) is 6.61 Å². The number of hydrogen-bond acceptors (Lipinski definition) is 3. The number of aliphatic imine (C=N–C) groups is 1. The van der Waals surface area contributed by atoms with Gasteiger partial charge in [0.05, 0.1) is 22.8 Å². The number of nitrogens with one attached hydrogen (secondary N) is 1. The van der Waals surface area contributed by atoms with E-state index in [-0.39, 0.29) is 6.10 Å². The number of hydrogen-bond donors (Lipinski definition) is 1. The molecule has 4 nitrogen and oxygen atoms in total. The zero-order chi connectivity index (χ0) is 18.5. The fourth-order valence-corrected chi connectivity index (χ4v) is 3.63. The van der Waals surface area contributed by atoms with Crippen LogP contribution in [0.25, 0.3) is 5.70 Å². The van der Waals surface area contributed by atoms with Crippen LogP contribution in [-0.2, 0) is 11.8 Å². The maximum Gasteiger partial charge on any atom is 0.120 e. The number of ether oxygens (including phenoxy) is 1. The summed E-state index contributed by atoms with van der Waals surface area (Å²) >= 11 is 0. The predicted octanol–water partition coefficient (Wildman–Crippen LogP) is 4.96. The first-order valence-electron chi connectivity index (χ1n) is 9.92. The topological polar surface area (TPSA) is 38.5 Å². The molecule has 140 valence electrons. The summed E-state index contributed by atoms with van der Waals surface area (Å²) in [6.07, 6.45) is 12.3. The maximum atomic E-state index is 5.99. The lowest BCUT2D eigenvalue weighted by Gasteiger charge is -2.13. The van der Waals surface area contributed by atoms with Gasteiger partial charge in [-0.15, -0.1) is 0 Å². The Bertz CT molecular complexity index is 764. The van der Waals surface area contributed by atoms with E-state index in [4.69, 9.17) is 9.73 Å². The highest BCUT2D eigenvalue weighted by molar-refractivity contribution is 6.03. The van der Waals surface area contributed by atoms with Gasteiger partial charge in [0.2, 0.25) is 0 Å². The van der Waals surface area contributed by atoms with Gasteiger partial charge in [0.1, 0.15) is 6.10 Å². The first-order chi connectivity index (χ1) is 12.7. The van der Waals surface area contributed by atoms with E-state index < -0.39 is 0 Å². The fraction of sp³-hybridized carbons (Fsp3) is 0.500. The molecule has 3 rings (SSSR count). The number of aromatic nitrogens is 1. The third-order valence-corrected chi connectivity index (χ3v) is 5.04. The Morgan fingerprint density at radius 1 is 1.23 bits per heavy atom. The zero-order valence-corrected chi connectivity index (χ0v) is 16.5. The van der Waals surface area contributed by atoms with Crippen LogP contribution in [0.15, 0.2) is 52.4 Å². The molecule has 1 aromatic rings. The molecule has 2 aliphatic heterocycles. The summed E-state index contributed by atoms with van der Waals surface area (Å²) in [4.78, 5) is 4.94. The summed E-state index contributed by atoms with van der Waals surface area (Å²) in [6.45, 7) is 7.16. The Morgan fingerprint density at radius 3 is 2.73 bits per heavy atom. The SMILES string of the molecule is CCCCCC1=CC(=C2NC(c3cccn3C)=CC2OCC)N=C1CC. The average molecular weight is 354 g/mol. The van der Waals surface area contributed by atoms with Crippen molar-refractivity contribution in [2.75, 3.05) is 6.61 Å². The second kappa shape index (κ2) is 8.54. The molecule has 1 unspecified atom stereocenters. The third-order valence-electron chi connectivity index (χ3n) is 5.04. The van der Waals surface area contributed by atoms with Crippen molar-refractivity contribution in [1.29, 1.82) is 0 Å². The zero-order valence-electron chi connectivity index (χ0n) is 16.5. The highest BCUT2D eigenvalue weighted by Crippen LogP contribution is 2.31. The molecule has 1 N–H and O–H groups in total. The van der Waals surface area contributed by atoms with Crippen molar-refractivity contribution in [2.24, 2.45) is 12.0 Å². The normalized spacial score (nSPS) is 22.3. The minimum atomic E-state index is -0.0620. The van der Waals surface area contributed by atoms with Gasteiger partial charge in [0, 0.05) is 25.6 Å². The monoisotopic (exact) mass is 353 g/mol. The number of rotatable bonds is 8. The van der Waals surface area contributed by atoms with Crippen molar-refractivity contribution < 1.29 is 4.74 Å². The molecule has 4 heteroatoms. The second-order valence-electron chi connectivity index (χ2n) is 6.92. The molecule has 0 bridgehead atoms. The molecule has 0 amide bonds. The first kappa shape index (κ1) is 18.7. The molecule has 0 spiro atoms. The summed E-state index contributed by atoms with van der Waals surface area (Å²) in [7, 11) is 2.06. The van der Waals surface area contributed by atoms with E-state index in [1.54, 1.807) is 0 Å². The van der Waals surface area contributed by atoms with E-state index in [0.717, 1.165) is 35.6 Å². The summed E-state index contributed by atoms with van der Waals surface area (Å²) in [6, 6.07) is 4.18. The lowest BCUT2D eigenvalue weighted by molar-refractivity contribution is 0.121. The third kappa shape index (κ3) is 3.85. The van der Waals surface area contributed by atoms with Crippen LogP contribution in [0.3, 0.4) is 0 Å². The standard InChI is InChI=1S/C22H31N3O/c1-5-8-9-11-16-14-19(23-17(16)6-2)22-21(26-7-3)15-18(24-22)20-12-10-13-25(20)4/h10,12-15,21,24H,5-9,11H2,1-4H3. The van der Waals surface area contributed by atoms with Gasteiger partial charge in [-0.25, -0.2) is 0 Å². The van der Waals surface area contributed by atoms with Gasteiger partial charge in [-0.05, 0) is 56.0 Å². The summed E-state index contributed by atoms with van der Waals surface area (Å²) < 4.78 is 8.12. The molecule has 0 saturated carbocycles. The summed E-state index contributed by atoms with van der Waals surface area (Å²) in [5.41, 5.74) is 6.99. The number of allylic oxidation sites excluding steroid dienone is 2. The molecule has 3 heterocycles. The molecule has 0 saturated heterocycles. The molecule has 1 aromatic heterocycles. The van der Waals surface area contributed by atoms with Crippen molar-refractivity contribution in [2.45, 2.75) is 59.0 Å². The van der Waals surface area contributed by atoms with Gasteiger partial charge >= 0.3 is 0 Å². The van der Waals surface area contributed by atoms with E-state index in [1.165, 1.54) is 30.5 Å². The van der Waals surface area contributed by atoms with Crippen molar-refractivity contribution in [1.82, 2.24) is 9.88 Å². The van der Waals surface area contributed by atoms with E-state index in [2.05, 4.69) is 61.3 Å². The van der Waals surface area contributed by atoms with E-state index >= 15 is 0 Å². The highest BCUT2D eigenvalue weighted by atomic mass is 16.5. The van der Waals surface area contributed by atoms with Crippen molar-refractivity contribution in [3.8, 4) is 0 Å². The largest absolute Gasteiger partial charge is 0.368 e. The summed E-state index contributed by atoms with van der Waals surface area (Å²) in [5.74, 6) is 0. The van der Waals surface area contributed by atoms with Crippen LogP contribution in [0.1, 0.15) is 58.6 Å². The molecule has 2 aliphatic rings. The molecule has 26 heavy (non-hydrogen) atoms. The van der Waals surface area contributed by atoms with Crippen LogP contribution in [0.5, 0.6) is 0 Å². The van der Waals surface area contributed by atoms with Gasteiger partial charge in [0.25, 0.3) is 0 Å². The fourth-order valence-electron chi connectivity index (χ4n) is 3.63. The van der Waals surface area contributed by atoms with E-state index in [1.807, 2.05) is 6.92 Å². The van der Waals surface area contributed by atoms with Crippen LogP contribution < -0.4 is 5.32 Å². The number of unbranched alkanes of at least 4 members (excludes halogenated alkanes) is 2. The molecule has 0 fully saturated rings. The van der Waals surface area contributed by atoms with Gasteiger partial charge in [-0.1, -0.05) is 26.7 Å². The Morgan fingerprint density at radius 2 is 2.08 bits per heavy atom. The Balaban J connectivity index is 1.89. The number of aryl methyl sites for hydroxylation is 1. The first-order valence-corrected chi connectivity index (χ1v) is 9.92. The van der Waals surface area contributed by atoms with E-state index in [9.17, 15) is 0 Å². The molecular weight excluding hydrogens is 322 g/mol. The van der Waals surface area contributed by atoms with Crippen LogP contribution in [0, 0.1) is 0 Å². The summed E-state index contributed by atoms with van der Waals surface area (Å²) in [5, 5.41) is 3.59. The second-order valence-corrected chi connectivity index (χ2v) is 6.92. The Labute approximate surface area is 157 Å². The lowest BCUT2D eigenvalue weighted by Crippen LogP contribution is -2.18. The smallest absolute Gasteiger partial charge is 0.120 e. The van der Waals surface area contributed by atoms with Gasteiger partial charge < -0.3 is 14.6 Å². The van der Waals surface area contributed by atoms with Crippen LogP contribution in [-0.4, -0.2) is 23.0 Å². The Hall–Kier alpha value is -2.07. The van der Waals surface area contributed by atoms with Crippen LogP contribution >= 0.6 is 0 Å². The average Bonchev–Trinajstić information content (AvgIpc) is 3.33. The molecule has 1 atom stereocenters. The van der Waals surface area contributed by atoms with Crippen molar-refractivity contribution in [3.63, 3.8) is 0 Å². The molecule has 0 aliphatic carbocycles. The molecule has 0 radical (unpaired) electrons. The minimum Gasteiger partial charge on any atom is -0.368 e. The predicted molar refractivity (Wildman–Crippen MR) is 109 cm³/mol. The van der Waals surface area contributed by atoms with Crippen LogP contribution in [0.4, 0.5) is 0 Å². The van der Waals surface area contributed by atoms with Gasteiger partial charge in [-0.3, -0.25) is 4.99 Å². The molecule has 0 aromatic carbocycles. The Kier molecular flexibility index (Phi) is 6.15. The van der Waals surface area contributed by atoms with Crippen molar-refractivity contribution in [3.05, 3.63) is 53.1 Å². The van der Waals surface area contributed by atoms with Gasteiger partial charge in [-0.2, -0.15) is 0 Å². The van der Waals surface area contributed by atoms with Crippen molar-refractivity contribution >= 4 is 11.4 Å². The number of nitrogens with zero attached hydrogens (tertiary/aromatic N) is 2.